The van der Waals surface area contributed by atoms with Gasteiger partial charge in [-0.1, -0.05) is 48.5 Å². The van der Waals surface area contributed by atoms with Crippen LogP contribution in [0.4, 0.5) is 0 Å². The number of methoxy groups -OCH3 is 1. The van der Waals surface area contributed by atoms with Crippen molar-refractivity contribution in [3.8, 4) is 5.75 Å². The van der Waals surface area contributed by atoms with Crippen molar-refractivity contribution < 1.29 is 4.74 Å². The Morgan fingerprint density at radius 2 is 1.71 bits per heavy atom. The number of hydrogen-bond donors (Lipinski definition) is 0. The summed E-state index contributed by atoms with van der Waals surface area (Å²) in [7, 11) is 1.69. The monoisotopic (exact) mass is 224 g/mol. The molecule has 0 aliphatic heterocycles. The van der Waals surface area contributed by atoms with E-state index in [4.69, 9.17) is 4.74 Å². The van der Waals surface area contributed by atoms with Gasteiger partial charge in [0.05, 0.1) is 7.11 Å². The van der Waals surface area contributed by atoms with Gasteiger partial charge in [0.2, 0.25) is 0 Å². The maximum absolute atomic E-state index is 5.25. The average Bonchev–Trinajstić information content (AvgIpc) is 2.41. The zero-order chi connectivity index (χ0) is 12.1. The highest BCUT2D eigenvalue weighted by atomic mass is 16.5. The van der Waals surface area contributed by atoms with E-state index in [1.165, 1.54) is 11.1 Å². The van der Waals surface area contributed by atoms with E-state index >= 15 is 0 Å². The molecule has 1 nitrogen and oxygen atoms in total. The first kappa shape index (κ1) is 11.5. The number of ether oxygens (including phenoxy) is 1. The minimum Gasteiger partial charge on any atom is -0.497 e. The van der Waals surface area contributed by atoms with Crippen molar-refractivity contribution in [3.05, 3.63) is 78.4 Å². The molecular formula is C16H16O. The van der Waals surface area contributed by atoms with Crippen LogP contribution in [0.3, 0.4) is 0 Å². The molecule has 2 rings (SSSR count). The molecule has 0 aromatic heterocycles. The van der Waals surface area contributed by atoms with E-state index in [0.29, 0.717) is 0 Å². The van der Waals surface area contributed by atoms with E-state index in [9.17, 15) is 0 Å². The van der Waals surface area contributed by atoms with Crippen molar-refractivity contribution >= 4 is 0 Å². The van der Waals surface area contributed by atoms with Gasteiger partial charge in [-0.15, -0.1) is 6.58 Å². The van der Waals surface area contributed by atoms with Crippen molar-refractivity contribution in [2.75, 3.05) is 7.11 Å². The van der Waals surface area contributed by atoms with Gasteiger partial charge in [-0.2, -0.15) is 0 Å². The number of rotatable bonds is 4. The first-order valence-electron chi connectivity index (χ1n) is 5.66. The second-order valence-electron chi connectivity index (χ2n) is 3.90. The van der Waals surface area contributed by atoms with Crippen molar-refractivity contribution in [3.63, 3.8) is 0 Å². The van der Waals surface area contributed by atoms with E-state index in [1.54, 1.807) is 7.11 Å². The van der Waals surface area contributed by atoms with E-state index in [2.05, 4.69) is 30.8 Å². The summed E-state index contributed by atoms with van der Waals surface area (Å²) in [6.07, 6.45) is 1.96. The highest BCUT2D eigenvalue weighted by Crippen LogP contribution is 2.27. The minimum absolute atomic E-state index is 0.214. The lowest BCUT2D eigenvalue weighted by molar-refractivity contribution is 0.414. The molecule has 0 unspecified atom stereocenters. The molecule has 0 N–H and O–H groups in total. The van der Waals surface area contributed by atoms with Crippen LogP contribution in [-0.4, -0.2) is 7.11 Å². The molecular weight excluding hydrogens is 208 g/mol. The Balaban J connectivity index is 2.38. The van der Waals surface area contributed by atoms with E-state index in [0.717, 1.165) is 5.75 Å². The topological polar surface area (TPSA) is 9.23 Å². The normalized spacial score (nSPS) is 11.8. The SMILES string of the molecule is C=C[C@@H](c1ccccc1)c1cccc(OC)c1. The van der Waals surface area contributed by atoms with Gasteiger partial charge in [-0.25, -0.2) is 0 Å². The fourth-order valence-electron chi connectivity index (χ4n) is 1.96. The summed E-state index contributed by atoms with van der Waals surface area (Å²) in [6, 6.07) is 18.5. The molecule has 17 heavy (non-hydrogen) atoms. The van der Waals surface area contributed by atoms with Crippen LogP contribution >= 0.6 is 0 Å². The van der Waals surface area contributed by atoms with Gasteiger partial charge in [-0.3, -0.25) is 0 Å². The van der Waals surface area contributed by atoms with Crippen LogP contribution in [0, 0.1) is 0 Å². The lowest BCUT2D eigenvalue weighted by Crippen LogP contribution is -1.97. The molecule has 1 heteroatoms. The quantitative estimate of drug-likeness (QED) is 0.713. The molecule has 2 aromatic carbocycles. The molecule has 0 heterocycles. The molecule has 0 saturated carbocycles. The molecule has 0 fully saturated rings. The Hall–Kier alpha value is -2.02. The largest absolute Gasteiger partial charge is 0.497 e. The molecule has 0 aliphatic rings. The fourth-order valence-corrected chi connectivity index (χ4v) is 1.96. The Labute approximate surface area is 102 Å². The summed E-state index contributed by atoms with van der Waals surface area (Å²) >= 11 is 0. The maximum Gasteiger partial charge on any atom is 0.119 e. The van der Waals surface area contributed by atoms with Gasteiger partial charge in [0, 0.05) is 5.92 Å². The first-order valence-corrected chi connectivity index (χ1v) is 5.66. The third-order valence-electron chi connectivity index (χ3n) is 2.85. The molecule has 86 valence electrons. The van der Waals surface area contributed by atoms with E-state index < -0.39 is 0 Å². The van der Waals surface area contributed by atoms with Gasteiger partial charge < -0.3 is 4.74 Å². The second kappa shape index (κ2) is 5.35. The summed E-state index contributed by atoms with van der Waals surface area (Å²) in [6.45, 7) is 3.93. The van der Waals surface area contributed by atoms with Crippen molar-refractivity contribution in [1.29, 1.82) is 0 Å². The molecule has 0 spiro atoms. The summed E-state index contributed by atoms with van der Waals surface area (Å²) in [5, 5.41) is 0. The minimum atomic E-state index is 0.214. The van der Waals surface area contributed by atoms with Crippen LogP contribution in [-0.2, 0) is 0 Å². The van der Waals surface area contributed by atoms with Crippen molar-refractivity contribution in [2.24, 2.45) is 0 Å². The lowest BCUT2D eigenvalue weighted by atomic mass is 9.91. The molecule has 0 aliphatic carbocycles. The fraction of sp³-hybridized carbons (Fsp3) is 0.125. The number of allylic oxidation sites excluding steroid dienone is 1. The van der Waals surface area contributed by atoms with Crippen LogP contribution in [0.15, 0.2) is 67.3 Å². The summed E-state index contributed by atoms with van der Waals surface area (Å²) in [5.74, 6) is 1.09. The van der Waals surface area contributed by atoms with Crippen molar-refractivity contribution in [2.45, 2.75) is 5.92 Å². The maximum atomic E-state index is 5.25. The standard InChI is InChI=1S/C16H16O/c1-3-16(13-8-5-4-6-9-13)14-10-7-11-15(12-14)17-2/h3-12,16H,1H2,2H3/t16-/m0/s1. The predicted octanol–water partition coefficient (Wildman–Crippen LogP) is 4.01. The predicted molar refractivity (Wildman–Crippen MR) is 71.5 cm³/mol. The van der Waals surface area contributed by atoms with Crippen LogP contribution in [0.2, 0.25) is 0 Å². The zero-order valence-electron chi connectivity index (χ0n) is 9.97. The lowest BCUT2D eigenvalue weighted by Gasteiger charge is -2.14. The Bertz CT molecular complexity index is 488. The van der Waals surface area contributed by atoms with Crippen LogP contribution in [0.1, 0.15) is 17.0 Å². The Kier molecular flexibility index (Phi) is 3.61. The van der Waals surface area contributed by atoms with E-state index in [1.807, 2.05) is 36.4 Å². The third kappa shape index (κ3) is 2.56. The third-order valence-corrected chi connectivity index (χ3v) is 2.85. The second-order valence-corrected chi connectivity index (χ2v) is 3.90. The van der Waals surface area contributed by atoms with E-state index in [-0.39, 0.29) is 5.92 Å². The number of hydrogen-bond acceptors (Lipinski definition) is 1. The highest BCUT2D eigenvalue weighted by molar-refractivity contribution is 5.39. The number of benzene rings is 2. The summed E-state index contributed by atoms with van der Waals surface area (Å²) in [4.78, 5) is 0. The van der Waals surface area contributed by atoms with Crippen LogP contribution in [0.5, 0.6) is 5.75 Å². The highest BCUT2D eigenvalue weighted by Gasteiger charge is 2.10. The van der Waals surface area contributed by atoms with Gasteiger partial charge in [0.25, 0.3) is 0 Å². The Morgan fingerprint density at radius 3 is 2.35 bits per heavy atom. The molecule has 2 aromatic rings. The zero-order valence-corrected chi connectivity index (χ0v) is 9.97. The van der Waals surface area contributed by atoms with Crippen LogP contribution in [0.25, 0.3) is 0 Å². The van der Waals surface area contributed by atoms with Gasteiger partial charge in [0.15, 0.2) is 0 Å². The summed E-state index contributed by atoms with van der Waals surface area (Å²) in [5.41, 5.74) is 2.45. The average molecular weight is 224 g/mol. The smallest absolute Gasteiger partial charge is 0.119 e. The van der Waals surface area contributed by atoms with Gasteiger partial charge in [-0.05, 0) is 23.3 Å². The molecule has 0 radical (unpaired) electrons. The van der Waals surface area contributed by atoms with Crippen LogP contribution < -0.4 is 4.74 Å². The molecule has 0 bridgehead atoms. The Morgan fingerprint density at radius 1 is 1.00 bits per heavy atom. The van der Waals surface area contributed by atoms with Gasteiger partial charge in [0.1, 0.15) is 5.75 Å². The van der Waals surface area contributed by atoms with Crippen molar-refractivity contribution in [1.82, 2.24) is 0 Å². The molecule has 0 amide bonds. The molecule has 0 saturated heterocycles. The summed E-state index contributed by atoms with van der Waals surface area (Å²) < 4.78 is 5.25. The van der Waals surface area contributed by atoms with Gasteiger partial charge >= 0.3 is 0 Å². The first-order chi connectivity index (χ1) is 8.35. The molecule has 1 atom stereocenters.